The fourth-order valence-electron chi connectivity index (χ4n) is 3.27. The molecule has 160 valence electrons. The lowest BCUT2D eigenvalue weighted by Gasteiger charge is -2.26. The summed E-state index contributed by atoms with van der Waals surface area (Å²) in [5.41, 5.74) is 0.526. The lowest BCUT2D eigenvalue weighted by molar-refractivity contribution is 0.0821. The minimum atomic E-state index is -0.364. The second kappa shape index (κ2) is 9.78. The van der Waals surface area contributed by atoms with E-state index in [0.29, 0.717) is 54.6 Å². The lowest BCUT2D eigenvalue weighted by atomic mass is 10.1. The molecule has 0 spiro atoms. The zero-order valence-electron chi connectivity index (χ0n) is 16.9. The molecule has 0 aliphatic carbocycles. The molecule has 2 aromatic carbocycles. The van der Waals surface area contributed by atoms with Gasteiger partial charge in [-0.15, -0.1) is 16.8 Å². The van der Waals surface area contributed by atoms with Crippen molar-refractivity contribution >= 4 is 17.5 Å². The second-order valence-corrected chi connectivity index (χ2v) is 8.05. The number of nitrogens with zero attached hydrogens (tertiary/aromatic N) is 3. The number of Topliss-reactive ketones (excluding diaryl/α,β-unsaturated/α-hetero) is 1. The van der Waals surface area contributed by atoms with Gasteiger partial charge < -0.3 is 9.47 Å². The van der Waals surface area contributed by atoms with E-state index in [0.717, 1.165) is 5.16 Å². The van der Waals surface area contributed by atoms with Crippen LogP contribution in [0.5, 0.6) is 11.5 Å². The van der Waals surface area contributed by atoms with Crippen LogP contribution in [0.25, 0.3) is 0 Å². The third-order valence-electron chi connectivity index (χ3n) is 4.80. The molecule has 6 nitrogen and oxygen atoms in total. The molecule has 3 aromatic rings. The molecule has 0 fully saturated rings. The van der Waals surface area contributed by atoms with Crippen molar-refractivity contribution in [2.45, 2.75) is 30.6 Å². The number of benzene rings is 2. The number of halogens is 1. The molecule has 0 saturated carbocycles. The van der Waals surface area contributed by atoms with Crippen molar-refractivity contribution in [2.24, 2.45) is 0 Å². The van der Waals surface area contributed by atoms with Gasteiger partial charge in [0.1, 0.15) is 12.4 Å². The number of hydrogen-bond acceptors (Lipinski definition) is 6. The maximum Gasteiger partial charge on any atom is 0.192 e. The zero-order chi connectivity index (χ0) is 21.6. The van der Waals surface area contributed by atoms with Crippen molar-refractivity contribution < 1.29 is 18.7 Å². The highest BCUT2D eigenvalue weighted by Gasteiger charge is 2.28. The Kier molecular flexibility index (Phi) is 6.66. The van der Waals surface area contributed by atoms with Crippen molar-refractivity contribution in [3.8, 4) is 11.5 Å². The van der Waals surface area contributed by atoms with Gasteiger partial charge in [-0.25, -0.2) is 4.39 Å². The maximum absolute atomic E-state index is 13.0. The van der Waals surface area contributed by atoms with Crippen LogP contribution < -0.4 is 9.47 Å². The molecule has 2 heterocycles. The molecule has 1 aromatic heterocycles. The molecule has 0 bridgehead atoms. The maximum atomic E-state index is 13.0. The average Bonchev–Trinajstić information content (AvgIpc) is 3.19. The third-order valence-corrected chi connectivity index (χ3v) is 5.85. The van der Waals surface area contributed by atoms with Crippen molar-refractivity contribution in [1.82, 2.24) is 14.8 Å². The van der Waals surface area contributed by atoms with Crippen molar-refractivity contribution in [3.63, 3.8) is 0 Å². The molecule has 1 aliphatic rings. The smallest absolute Gasteiger partial charge is 0.192 e. The summed E-state index contributed by atoms with van der Waals surface area (Å²) in [5.74, 6) is 2.43. The number of carbonyl (C=O) groups excluding carboxylic acids is 1. The highest BCUT2D eigenvalue weighted by Crippen LogP contribution is 2.36. The summed E-state index contributed by atoms with van der Waals surface area (Å²) in [6, 6.07) is 13.2. The Morgan fingerprint density at radius 2 is 1.97 bits per heavy atom. The highest BCUT2D eigenvalue weighted by atomic mass is 32.2. The first kappa shape index (κ1) is 21.1. The van der Waals surface area contributed by atoms with Crippen LogP contribution in [0.3, 0.4) is 0 Å². The summed E-state index contributed by atoms with van der Waals surface area (Å²) >= 11 is 1.53. The van der Waals surface area contributed by atoms with E-state index in [1.807, 2.05) is 28.8 Å². The van der Waals surface area contributed by atoms with Crippen molar-refractivity contribution in [1.29, 1.82) is 0 Å². The Bertz CT molecular complexity index is 1070. The van der Waals surface area contributed by atoms with Crippen molar-refractivity contribution in [2.75, 3.05) is 12.4 Å². The topological polar surface area (TPSA) is 66.2 Å². The molecule has 1 aliphatic heterocycles. The van der Waals surface area contributed by atoms with Gasteiger partial charge in [0.05, 0.1) is 0 Å². The van der Waals surface area contributed by atoms with E-state index in [2.05, 4.69) is 16.8 Å². The number of carbonyl (C=O) groups is 1. The number of aromatic nitrogens is 3. The molecule has 0 saturated heterocycles. The van der Waals surface area contributed by atoms with Gasteiger partial charge in [0.25, 0.3) is 0 Å². The van der Waals surface area contributed by atoms with Crippen LogP contribution in [0.4, 0.5) is 4.39 Å². The minimum absolute atomic E-state index is 0.000247. The molecular formula is C23H22FN3O3S. The Hall–Kier alpha value is -3.13. The minimum Gasteiger partial charge on any atom is -0.485 e. The van der Waals surface area contributed by atoms with Gasteiger partial charge in [-0.3, -0.25) is 9.36 Å². The van der Waals surface area contributed by atoms with Gasteiger partial charge in [-0.2, -0.15) is 0 Å². The van der Waals surface area contributed by atoms with Gasteiger partial charge >= 0.3 is 0 Å². The van der Waals surface area contributed by atoms with Crippen LogP contribution in [-0.4, -0.2) is 32.9 Å². The van der Waals surface area contributed by atoms with E-state index in [-0.39, 0.29) is 17.7 Å². The number of thioether (sulfide) groups is 1. The number of hydrogen-bond donors (Lipinski definition) is 0. The predicted octanol–water partition coefficient (Wildman–Crippen LogP) is 4.87. The number of ketones is 1. The van der Waals surface area contributed by atoms with Crippen LogP contribution in [0, 0.1) is 5.82 Å². The molecule has 31 heavy (non-hydrogen) atoms. The second-order valence-electron chi connectivity index (χ2n) is 6.99. The lowest BCUT2D eigenvalue weighted by Crippen LogP contribution is -2.25. The molecule has 0 amide bonds. The van der Waals surface area contributed by atoms with E-state index in [1.165, 1.54) is 36.0 Å². The summed E-state index contributed by atoms with van der Waals surface area (Å²) in [7, 11) is 0. The Morgan fingerprint density at radius 3 is 2.74 bits per heavy atom. The zero-order valence-corrected chi connectivity index (χ0v) is 17.7. The number of rotatable bonds is 9. The van der Waals surface area contributed by atoms with Crippen LogP contribution in [0.1, 0.15) is 35.1 Å². The summed E-state index contributed by atoms with van der Waals surface area (Å²) in [6.07, 6.45) is 2.48. The predicted molar refractivity (Wildman–Crippen MR) is 116 cm³/mol. The summed E-state index contributed by atoms with van der Waals surface area (Å²) in [5, 5.41) is 9.40. The number of fused-ring (bicyclic) bond motifs is 1. The first-order chi connectivity index (χ1) is 15.2. The first-order valence-electron chi connectivity index (χ1n) is 9.99. The molecule has 4 rings (SSSR count). The molecule has 0 radical (unpaired) electrons. The Balaban J connectivity index is 1.37. The van der Waals surface area contributed by atoms with E-state index < -0.39 is 0 Å². The van der Waals surface area contributed by atoms with Gasteiger partial charge in [0, 0.05) is 24.3 Å². The third kappa shape index (κ3) is 4.96. The van der Waals surface area contributed by atoms with Gasteiger partial charge in [-0.1, -0.05) is 30.0 Å². The van der Waals surface area contributed by atoms with Gasteiger partial charge in [0.15, 0.2) is 34.4 Å². The van der Waals surface area contributed by atoms with Crippen molar-refractivity contribution in [3.05, 3.63) is 78.4 Å². The van der Waals surface area contributed by atoms with Gasteiger partial charge in [-0.05, 0) is 42.8 Å². The Morgan fingerprint density at radius 1 is 1.19 bits per heavy atom. The largest absolute Gasteiger partial charge is 0.485 e. The summed E-state index contributed by atoms with van der Waals surface area (Å²) < 4.78 is 26.8. The molecule has 1 atom stereocenters. The van der Waals surface area contributed by atoms with E-state index in [1.54, 1.807) is 6.08 Å². The highest BCUT2D eigenvalue weighted by molar-refractivity contribution is 7.99. The molecule has 8 heteroatoms. The average molecular weight is 440 g/mol. The van der Waals surface area contributed by atoms with Crippen LogP contribution in [0.15, 0.2) is 66.3 Å². The summed E-state index contributed by atoms with van der Waals surface area (Å²) in [6.45, 7) is 4.72. The normalized spacial score (nSPS) is 14.9. The fraction of sp³-hybridized carbons (Fsp3) is 0.261. The number of allylic oxidation sites excluding steroid dienone is 1. The summed E-state index contributed by atoms with van der Waals surface area (Å²) in [4.78, 5) is 12.2. The quantitative estimate of drug-likeness (QED) is 0.205. The molecule has 1 unspecified atom stereocenters. The number of para-hydroxylation sites is 2. The first-order valence-corrected chi connectivity index (χ1v) is 11.0. The van der Waals surface area contributed by atoms with E-state index >= 15 is 0 Å². The van der Waals surface area contributed by atoms with Crippen LogP contribution in [-0.2, 0) is 6.54 Å². The molecular weight excluding hydrogens is 417 g/mol. The monoisotopic (exact) mass is 439 g/mol. The van der Waals surface area contributed by atoms with E-state index in [4.69, 9.17) is 9.47 Å². The molecule has 0 N–H and O–H groups in total. The van der Waals surface area contributed by atoms with Crippen LogP contribution in [0.2, 0.25) is 0 Å². The van der Waals surface area contributed by atoms with Gasteiger partial charge in [0.2, 0.25) is 0 Å². The van der Waals surface area contributed by atoms with Crippen LogP contribution >= 0.6 is 11.8 Å². The van der Waals surface area contributed by atoms with E-state index in [9.17, 15) is 9.18 Å². The fourth-order valence-corrected chi connectivity index (χ4v) is 4.16. The standard InChI is InChI=1S/C23H22FN3O3S/c1-2-13-27-22(21-15-29-19-7-3-4-8-20(19)30-21)25-26-23(27)31-14-5-6-18(28)16-9-11-17(24)12-10-16/h2-4,7-12,21H,1,5-6,13-15H2. The SMILES string of the molecule is C=CCn1c(SCCCC(=O)c2ccc(F)cc2)nnc1C1COc2ccccc2O1. The number of ether oxygens (including phenoxy) is 2. The Labute approximate surface area is 184 Å².